The van der Waals surface area contributed by atoms with Gasteiger partial charge in [0.2, 0.25) is 0 Å². The van der Waals surface area contributed by atoms with Crippen molar-refractivity contribution in [2.75, 3.05) is 6.61 Å². The van der Waals surface area contributed by atoms with Gasteiger partial charge in [0.05, 0.1) is 0 Å². The maximum atomic E-state index is 12.4. The summed E-state index contributed by atoms with van der Waals surface area (Å²) in [6.07, 6.45) is 0. The Hall–Kier alpha value is -2.62. The Morgan fingerprint density at radius 2 is 1.36 bits per heavy atom. The van der Waals surface area contributed by atoms with E-state index >= 15 is 0 Å². The van der Waals surface area contributed by atoms with Gasteiger partial charge in [0.1, 0.15) is 5.75 Å². The van der Waals surface area contributed by atoms with Crippen LogP contribution in [-0.4, -0.2) is 35.3 Å². The third-order valence-electron chi connectivity index (χ3n) is 3.92. The highest BCUT2D eigenvalue weighted by atomic mass is 16.5. The van der Waals surface area contributed by atoms with Crippen LogP contribution >= 0.6 is 0 Å². The smallest absolute Gasteiger partial charge is 0.260 e. The summed E-state index contributed by atoms with van der Waals surface area (Å²) in [7, 11) is 0. The van der Waals surface area contributed by atoms with Crippen molar-refractivity contribution in [3.05, 3.63) is 65.7 Å². The van der Waals surface area contributed by atoms with Gasteiger partial charge in [0, 0.05) is 23.2 Å². The number of carbonyl (C=O) groups excluding carboxylic acids is 2. The van der Waals surface area contributed by atoms with Crippen LogP contribution in [0.3, 0.4) is 0 Å². The van der Waals surface area contributed by atoms with E-state index in [-0.39, 0.29) is 30.4 Å². The molecule has 0 atom stereocenters. The molecular weight excluding hydrogens is 314 g/mol. The molecule has 132 valence electrons. The number of nitrogens with zero attached hydrogens (tertiary/aromatic N) is 1. The molecule has 0 saturated carbocycles. The van der Waals surface area contributed by atoms with Crippen LogP contribution in [0.25, 0.3) is 0 Å². The SMILES string of the molecule is CC(C)N(C(=O)COc1ccc(C(=O)c2ccccc2)cc1)C(C)C. The third-order valence-corrected chi connectivity index (χ3v) is 3.92. The molecule has 4 nitrogen and oxygen atoms in total. The van der Waals surface area contributed by atoms with Crippen molar-refractivity contribution in [1.29, 1.82) is 0 Å². The lowest BCUT2D eigenvalue weighted by Crippen LogP contribution is -2.44. The van der Waals surface area contributed by atoms with Crippen molar-refractivity contribution in [2.45, 2.75) is 39.8 Å². The Balaban J connectivity index is 1.99. The first-order valence-corrected chi connectivity index (χ1v) is 8.54. The minimum atomic E-state index is -0.0468. The summed E-state index contributed by atoms with van der Waals surface area (Å²) in [5, 5.41) is 0. The minimum absolute atomic E-state index is 0.0116. The summed E-state index contributed by atoms with van der Waals surface area (Å²) in [5.74, 6) is 0.494. The van der Waals surface area contributed by atoms with Gasteiger partial charge in [-0.05, 0) is 52.0 Å². The van der Waals surface area contributed by atoms with Crippen molar-refractivity contribution in [3.8, 4) is 5.75 Å². The number of hydrogen-bond acceptors (Lipinski definition) is 3. The van der Waals surface area contributed by atoms with Gasteiger partial charge in [0.15, 0.2) is 12.4 Å². The number of ketones is 1. The Morgan fingerprint density at radius 1 is 0.840 bits per heavy atom. The summed E-state index contributed by atoms with van der Waals surface area (Å²) in [5.41, 5.74) is 1.24. The van der Waals surface area contributed by atoms with Crippen LogP contribution in [0.15, 0.2) is 54.6 Å². The normalized spacial score (nSPS) is 10.8. The molecule has 0 bridgehead atoms. The number of ether oxygens (including phenoxy) is 1. The van der Waals surface area contributed by atoms with Gasteiger partial charge in [-0.1, -0.05) is 30.3 Å². The van der Waals surface area contributed by atoms with Crippen molar-refractivity contribution in [2.24, 2.45) is 0 Å². The predicted molar refractivity (Wildman–Crippen MR) is 98.9 cm³/mol. The zero-order valence-electron chi connectivity index (χ0n) is 15.2. The number of rotatable bonds is 7. The molecule has 0 radical (unpaired) electrons. The summed E-state index contributed by atoms with van der Waals surface area (Å²) in [4.78, 5) is 26.5. The fraction of sp³-hybridized carbons (Fsp3) is 0.333. The number of carbonyl (C=O) groups is 2. The van der Waals surface area contributed by atoms with Crippen LogP contribution in [0.4, 0.5) is 0 Å². The lowest BCUT2D eigenvalue weighted by Gasteiger charge is -2.30. The first-order chi connectivity index (χ1) is 11.9. The van der Waals surface area contributed by atoms with E-state index in [0.717, 1.165) is 0 Å². The van der Waals surface area contributed by atoms with Crippen molar-refractivity contribution in [3.63, 3.8) is 0 Å². The lowest BCUT2D eigenvalue weighted by atomic mass is 10.0. The molecule has 25 heavy (non-hydrogen) atoms. The minimum Gasteiger partial charge on any atom is -0.484 e. The Kier molecular flexibility index (Phi) is 6.34. The van der Waals surface area contributed by atoms with Crippen LogP contribution < -0.4 is 4.74 Å². The molecule has 0 spiro atoms. The Bertz CT molecular complexity index is 698. The lowest BCUT2D eigenvalue weighted by molar-refractivity contribution is -0.136. The Labute approximate surface area is 149 Å². The van der Waals surface area contributed by atoms with Gasteiger partial charge in [-0.3, -0.25) is 9.59 Å². The van der Waals surface area contributed by atoms with E-state index in [1.54, 1.807) is 41.3 Å². The second kappa shape index (κ2) is 8.47. The molecule has 0 aliphatic heterocycles. The highest BCUT2D eigenvalue weighted by molar-refractivity contribution is 6.08. The molecule has 0 aliphatic carbocycles. The van der Waals surface area contributed by atoms with Gasteiger partial charge < -0.3 is 9.64 Å². The average Bonchev–Trinajstić information content (AvgIpc) is 2.60. The monoisotopic (exact) mass is 339 g/mol. The molecule has 1 amide bonds. The van der Waals surface area contributed by atoms with E-state index in [0.29, 0.717) is 16.9 Å². The van der Waals surface area contributed by atoms with Gasteiger partial charge in [0.25, 0.3) is 5.91 Å². The molecule has 4 heteroatoms. The predicted octanol–water partition coefficient (Wildman–Crippen LogP) is 3.94. The van der Waals surface area contributed by atoms with Crippen LogP contribution in [-0.2, 0) is 4.79 Å². The molecule has 0 unspecified atom stereocenters. The number of amides is 1. The van der Waals surface area contributed by atoms with E-state index in [9.17, 15) is 9.59 Å². The van der Waals surface area contributed by atoms with Crippen molar-refractivity contribution >= 4 is 11.7 Å². The third kappa shape index (κ3) is 4.92. The van der Waals surface area contributed by atoms with Crippen LogP contribution in [0.5, 0.6) is 5.75 Å². The second-order valence-corrected chi connectivity index (χ2v) is 6.50. The molecular formula is C21H25NO3. The van der Waals surface area contributed by atoms with Crippen LogP contribution in [0, 0.1) is 0 Å². The molecule has 2 rings (SSSR count). The highest BCUT2D eigenvalue weighted by Crippen LogP contribution is 2.16. The van der Waals surface area contributed by atoms with E-state index in [2.05, 4.69) is 0 Å². The largest absolute Gasteiger partial charge is 0.484 e. The average molecular weight is 339 g/mol. The van der Waals surface area contributed by atoms with Crippen molar-refractivity contribution in [1.82, 2.24) is 4.90 Å². The van der Waals surface area contributed by atoms with Gasteiger partial charge >= 0.3 is 0 Å². The fourth-order valence-electron chi connectivity index (χ4n) is 2.85. The molecule has 2 aromatic carbocycles. The van der Waals surface area contributed by atoms with Gasteiger partial charge in [-0.15, -0.1) is 0 Å². The van der Waals surface area contributed by atoms with E-state index < -0.39 is 0 Å². The second-order valence-electron chi connectivity index (χ2n) is 6.50. The summed E-state index contributed by atoms with van der Waals surface area (Å²) in [6.45, 7) is 7.94. The molecule has 0 aliphatic rings. The molecule has 0 fully saturated rings. The van der Waals surface area contributed by atoms with Gasteiger partial charge in [-0.2, -0.15) is 0 Å². The maximum absolute atomic E-state index is 12.4. The topological polar surface area (TPSA) is 46.6 Å². The molecule has 0 saturated heterocycles. The number of hydrogen-bond donors (Lipinski definition) is 0. The maximum Gasteiger partial charge on any atom is 0.260 e. The molecule has 0 aromatic heterocycles. The summed E-state index contributed by atoms with van der Waals surface area (Å²) < 4.78 is 5.59. The summed E-state index contributed by atoms with van der Waals surface area (Å²) in [6, 6.07) is 16.3. The zero-order valence-corrected chi connectivity index (χ0v) is 15.2. The molecule has 0 heterocycles. The molecule has 2 aromatic rings. The standard InChI is InChI=1S/C21H25NO3/c1-15(2)22(16(3)4)20(23)14-25-19-12-10-18(11-13-19)21(24)17-8-6-5-7-9-17/h5-13,15-16H,14H2,1-4H3. The fourth-order valence-corrected chi connectivity index (χ4v) is 2.85. The Morgan fingerprint density at radius 3 is 1.88 bits per heavy atom. The van der Waals surface area contributed by atoms with E-state index in [1.807, 2.05) is 45.9 Å². The van der Waals surface area contributed by atoms with Crippen LogP contribution in [0.1, 0.15) is 43.6 Å². The first kappa shape index (κ1) is 18.7. The van der Waals surface area contributed by atoms with E-state index in [1.165, 1.54) is 0 Å². The highest BCUT2D eigenvalue weighted by Gasteiger charge is 2.20. The van der Waals surface area contributed by atoms with Crippen molar-refractivity contribution < 1.29 is 14.3 Å². The van der Waals surface area contributed by atoms with Gasteiger partial charge in [-0.25, -0.2) is 0 Å². The number of benzene rings is 2. The summed E-state index contributed by atoms with van der Waals surface area (Å²) >= 11 is 0. The first-order valence-electron chi connectivity index (χ1n) is 8.54. The van der Waals surface area contributed by atoms with Crippen LogP contribution in [0.2, 0.25) is 0 Å². The molecule has 0 N–H and O–H groups in total. The van der Waals surface area contributed by atoms with E-state index in [4.69, 9.17) is 4.74 Å². The zero-order chi connectivity index (χ0) is 18.4. The quantitative estimate of drug-likeness (QED) is 0.718.